The Hall–Kier alpha value is 0.0949. The topological polar surface area (TPSA) is 74.2 Å². The van der Waals surface area contributed by atoms with Crippen molar-refractivity contribution in [2.75, 3.05) is 13.7 Å². The predicted molar refractivity (Wildman–Crippen MR) is 53.8 cm³/mol. The molecule has 2 heterocycles. The van der Waals surface area contributed by atoms with Crippen LogP contribution >= 0.6 is 8.03 Å². The molecule has 0 saturated carbocycles. The number of rotatable bonds is 3. The normalized spacial score (nSPS) is 46.7. The highest BCUT2D eigenvalue weighted by molar-refractivity contribution is 7.38. The molecule has 2 aliphatic rings. The zero-order valence-electron chi connectivity index (χ0n) is 8.58. The number of hydrogen-bond donors (Lipinski definition) is 1. The van der Waals surface area contributed by atoms with Crippen molar-refractivity contribution in [3.63, 3.8) is 0 Å². The van der Waals surface area contributed by atoms with E-state index in [1.54, 1.807) is 7.11 Å². The van der Waals surface area contributed by atoms with E-state index in [-0.39, 0.29) is 24.3 Å². The van der Waals surface area contributed by atoms with Crippen LogP contribution in [-0.4, -0.2) is 56.8 Å². The number of hydrogen-bond acceptors (Lipinski definition) is 5. The summed E-state index contributed by atoms with van der Waals surface area (Å²) in [5.41, 5.74) is 0. The van der Waals surface area contributed by atoms with Crippen LogP contribution in [0.1, 0.15) is 0 Å². The lowest BCUT2D eigenvalue weighted by molar-refractivity contribution is -0.0916. The third-order valence-corrected chi connectivity index (χ3v) is 3.31. The van der Waals surface area contributed by atoms with Crippen LogP contribution in [0.2, 0.25) is 0 Å². The average molecular weight is 236 g/mol. The van der Waals surface area contributed by atoms with E-state index in [0.29, 0.717) is 6.61 Å². The molecule has 2 rings (SSSR count). The molecule has 0 radical (unpaired) electrons. The smallest absolute Gasteiger partial charge is 0.243 e. The highest BCUT2D eigenvalue weighted by Crippen LogP contribution is 2.40. The van der Waals surface area contributed by atoms with E-state index in [1.165, 1.54) is 0 Å². The van der Waals surface area contributed by atoms with Gasteiger partial charge in [-0.15, -0.1) is 0 Å². The van der Waals surface area contributed by atoms with Crippen molar-refractivity contribution in [2.45, 2.75) is 30.3 Å². The summed E-state index contributed by atoms with van der Waals surface area (Å²) in [6, 6.07) is -1.13. The Bertz CT molecular complexity index is 264. The van der Waals surface area contributed by atoms with Crippen LogP contribution in [0.5, 0.6) is 0 Å². The van der Waals surface area contributed by atoms with E-state index < -0.39 is 14.1 Å². The first-order valence-electron chi connectivity index (χ1n) is 4.81. The summed E-state index contributed by atoms with van der Waals surface area (Å²) in [5.74, 6) is 0. The molecule has 0 aliphatic carbocycles. The summed E-state index contributed by atoms with van der Waals surface area (Å²) in [4.78, 5) is 8.93. The van der Waals surface area contributed by atoms with Crippen molar-refractivity contribution in [3.05, 3.63) is 0 Å². The second kappa shape index (κ2) is 4.53. The maximum absolute atomic E-state index is 10.9. The van der Waals surface area contributed by atoms with E-state index in [0.717, 1.165) is 0 Å². The third kappa shape index (κ3) is 2.13. The Morgan fingerprint density at radius 2 is 2.07 bits per heavy atom. The molecule has 3 unspecified atom stereocenters. The van der Waals surface area contributed by atoms with Crippen molar-refractivity contribution in [1.82, 2.24) is 0 Å². The van der Waals surface area contributed by atoms with Gasteiger partial charge >= 0.3 is 0 Å². The standard InChI is InChI=1S/C7H14BO6P/c1-11-2-3-4-5(6(8)12-3)14-7(13-4)15(9)10/h3-7,15H,2,8H2,1H3,(H,9,10)/t3-,4?,5+,6-,7?/m1/s1. The zero-order valence-corrected chi connectivity index (χ0v) is 9.58. The van der Waals surface area contributed by atoms with Gasteiger partial charge in [0.2, 0.25) is 14.1 Å². The Morgan fingerprint density at radius 1 is 1.40 bits per heavy atom. The summed E-state index contributed by atoms with van der Waals surface area (Å²) in [5, 5.41) is 0. The van der Waals surface area contributed by atoms with Crippen molar-refractivity contribution in [2.24, 2.45) is 0 Å². The van der Waals surface area contributed by atoms with E-state index >= 15 is 0 Å². The van der Waals surface area contributed by atoms with Gasteiger partial charge in [-0.3, -0.25) is 4.57 Å². The van der Waals surface area contributed by atoms with Crippen LogP contribution in [0.4, 0.5) is 0 Å². The molecule has 0 aromatic heterocycles. The largest absolute Gasteiger partial charge is 0.382 e. The molecule has 0 spiro atoms. The van der Waals surface area contributed by atoms with Crippen molar-refractivity contribution in [3.8, 4) is 0 Å². The molecule has 0 aromatic rings. The summed E-state index contributed by atoms with van der Waals surface area (Å²) in [7, 11) is 0.623. The van der Waals surface area contributed by atoms with Crippen LogP contribution in [0.25, 0.3) is 0 Å². The van der Waals surface area contributed by atoms with Gasteiger partial charge < -0.3 is 23.8 Å². The molecule has 1 N–H and O–H groups in total. The summed E-state index contributed by atoms with van der Waals surface area (Å²) < 4.78 is 32.1. The lowest BCUT2D eigenvalue weighted by Crippen LogP contribution is -2.31. The molecule has 15 heavy (non-hydrogen) atoms. The van der Waals surface area contributed by atoms with E-state index in [2.05, 4.69) is 0 Å². The maximum atomic E-state index is 10.9. The zero-order chi connectivity index (χ0) is 11.0. The van der Waals surface area contributed by atoms with Gasteiger partial charge in [-0.25, -0.2) is 0 Å². The molecule has 0 amide bonds. The van der Waals surface area contributed by atoms with Gasteiger partial charge in [0.1, 0.15) is 26.2 Å². The summed E-state index contributed by atoms with van der Waals surface area (Å²) >= 11 is 0. The third-order valence-electron chi connectivity index (χ3n) is 2.64. The fraction of sp³-hybridized carbons (Fsp3) is 1.00. The summed E-state index contributed by atoms with van der Waals surface area (Å²) in [6.07, 6.45) is -0.788. The van der Waals surface area contributed by atoms with E-state index in [1.807, 2.05) is 7.85 Å². The molecular weight excluding hydrogens is 222 g/mol. The minimum Gasteiger partial charge on any atom is -0.382 e. The first-order chi connectivity index (χ1) is 7.13. The van der Waals surface area contributed by atoms with Gasteiger partial charge in [0.15, 0.2) is 0 Å². The lowest BCUT2D eigenvalue weighted by Gasteiger charge is -2.16. The predicted octanol–water partition coefficient (Wildman–Crippen LogP) is -1.47. The highest BCUT2D eigenvalue weighted by atomic mass is 31.1. The van der Waals surface area contributed by atoms with Crippen LogP contribution in [0, 0.1) is 0 Å². The van der Waals surface area contributed by atoms with Gasteiger partial charge in [0.25, 0.3) is 0 Å². The van der Waals surface area contributed by atoms with Crippen LogP contribution in [0.15, 0.2) is 0 Å². The molecule has 0 aromatic carbocycles. The van der Waals surface area contributed by atoms with Crippen LogP contribution in [0.3, 0.4) is 0 Å². The molecule has 6 nitrogen and oxygen atoms in total. The Kier molecular flexibility index (Phi) is 3.50. The molecule has 6 atom stereocenters. The SMILES string of the molecule is B[C@@H]1O[C@H](COC)C2OC([PH](=O)O)O[C@@H]21. The highest BCUT2D eigenvalue weighted by Gasteiger charge is 2.51. The van der Waals surface area contributed by atoms with Crippen LogP contribution in [-0.2, 0) is 23.5 Å². The fourth-order valence-electron chi connectivity index (χ4n) is 1.99. The van der Waals surface area contributed by atoms with E-state index in [9.17, 15) is 4.57 Å². The number of fused-ring (bicyclic) bond motifs is 1. The average Bonchev–Trinajstić information content (AvgIpc) is 2.70. The molecule has 2 fully saturated rings. The van der Waals surface area contributed by atoms with Crippen molar-refractivity contribution >= 4 is 15.9 Å². The molecule has 2 saturated heterocycles. The van der Waals surface area contributed by atoms with Gasteiger partial charge in [-0.1, -0.05) is 0 Å². The fourth-order valence-corrected chi connectivity index (χ4v) is 2.54. The number of ether oxygens (including phenoxy) is 4. The van der Waals surface area contributed by atoms with Crippen molar-refractivity contribution < 1.29 is 28.4 Å². The van der Waals surface area contributed by atoms with Crippen molar-refractivity contribution in [1.29, 1.82) is 0 Å². The minimum atomic E-state index is -2.81. The minimum absolute atomic E-state index is 0.138. The van der Waals surface area contributed by atoms with Gasteiger partial charge in [-0.2, -0.15) is 0 Å². The second-order valence-electron chi connectivity index (χ2n) is 3.71. The molecule has 8 heteroatoms. The van der Waals surface area contributed by atoms with Gasteiger partial charge in [0, 0.05) is 7.11 Å². The van der Waals surface area contributed by atoms with Gasteiger partial charge in [-0.05, 0) is 0 Å². The molecule has 86 valence electrons. The monoisotopic (exact) mass is 236 g/mol. The Balaban J connectivity index is 2.03. The Morgan fingerprint density at radius 3 is 2.67 bits per heavy atom. The molecule has 2 aliphatic heterocycles. The quantitative estimate of drug-likeness (QED) is 0.476. The molecular formula is C7H14BO6P. The lowest BCUT2D eigenvalue weighted by atomic mass is 9.93. The Labute approximate surface area is 89.1 Å². The van der Waals surface area contributed by atoms with Gasteiger partial charge in [0.05, 0.1) is 12.6 Å². The first-order valence-corrected chi connectivity index (χ1v) is 6.25. The van der Waals surface area contributed by atoms with E-state index in [4.69, 9.17) is 23.8 Å². The second-order valence-corrected chi connectivity index (χ2v) is 4.85. The number of methoxy groups -OCH3 is 1. The maximum Gasteiger partial charge on any atom is 0.243 e. The van der Waals surface area contributed by atoms with Crippen LogP contribution < -0.4 is 0 Å². The first kappa shape index (κ1) is 11.6. The molecule has 0 bridgehead atoms. The summed E-state index contributed by atoms with van der Waals surface area (Å²) in [6.45, 7) is 0.397.